The minimum Gasteiger partial charge on any atom is -0.481 e. The lowest BCUT2D eigenvalue weighted by atomic mass is 10.3. The van der Waals surface area contributed by atoms with E-state index in [1.807, 2.05) is 19.0 Å². The molecule has 0 radical (unpaired) electrons. The van der Waals surface area contributed by atoms with Gasteiger partial charge in [0.1, 0.15) is 0 Å². The van der Waals surface area contributed by atoms with Crippen molar-refractivity contribution < 1.29 is 9.90 Å². The predicted octanol–water partition coefficient (Wildman–Crippen LogP) is 3.18. The van der Waals surface area contributed by atoms with Crippen LogP contribution < -0.4 is 0 Å². The molecular formula is C15H36N2O2. The molecule has 0 aromatic rings. The lowest BCUT2D eigenvalue weighted by Crippen LogP contribution is -2.13. The van der Waals surface area contributed by atoms with Crippen LogP contribution >= 0.6 is 0 Å². The maximum absolute atomic E-state index is 9.96. The molecule has 1 N–H and O–H groups in total. The molecule has 0 saturated carbocycles. The molecule has 0 spiro atoms. The number of unbranched alkanes of at least 4 members (excludes halogenated alkanes) is 1. The van der Waals surface area contributed by atoms with Gasteiger partial charge in [-0.1, -0.05) is 33.6 Å². The van der Waals surface area contributed by atoms with Crippen LogP contribution in [0.25, 0.3) is 0 Å². The Kier molecular flexibility index (Phi) is 24.4. The summed E-state index contributed by atoms with van der Waals surface area (Å²) >= 11 is 0. The molecule has 118 valence electrons. The van der Waals surface area contributed by atoms with Gasteiger partial charge in [-0.25, -0.2) is 0 Å². The van der Waals surface area contributed by atoms with E-state index in [9.17, 15) is 4.79 Å². The van der Waals surface area contributed by atoms with Crippen molar-refractivity contribution in [2.24, 2.45) is 0 Å². The number of rotatable bonds is 7. The number of carboxylic acids is 1. The predicted molar refractivity (Wildman–Crippen MR) is 84.9 cm³/mol. The highest BCUT2D eigenvalue weighted by Crippen LogP contribution is 1.89. The first-order chi connectivity index (χ1) is 8.81. The highest BCUT2D eigenvalue weighted by atomic mass is 16.4. The molecule has 0 aliphatic heterocycles. The standard InChI is InChI=1S/C6H13NO2.C5H13N.C4H10/c1-7(2)5-3-4-6(8)9;1-4-5-6(2)3;1-3-4-2/h3-5H2,1-2H3,(H,8,9);4-5H2,1-3H3;3-4H2,1-2H3. The van der Waals surface area contributed by atoms with Gasteiger partial charge in [0.25, 0.3) is 0 Å². The molecule has 19 heavy (non-hydrogen) atoms. The molecule has 4 nitrogen and oxygen atoms in total. The van der Waals surface area contributed by atoms with Gasteiger partial charge in [0, 0.05) is 6.42 Å². The summed E-state index contributed by atoms with van der Waals surface area (Å²) in [6.45, 7) is 8.60. The van der Waals surface area contributed by atoms with Gasteiger partial charge in [-0.15, -0.1) is 0 Å². The average molecular weight is 276 g/mol. The van der Waals surface area contributed by atoms with Crippen LogP contribution in [0.2, 0.25) is 0 Å². The number of nitrogens with zero attached hydrogens (tertiary/aromatic N) is 2. The van der Waals surface area contributed by atoms with E-state index in [-0.39, 0.29) is 6.42 Å². The smallest absolute Gasteiger partial charge is 0.303 e. The van der Waals surface area contributed by atoms with Crippen LogP contribution in [0.4, 0.5) is 0 Å². The van der Waals surface area contributed by atoms with Gasteiger partial charge in [0.05, 0.1) is 0 Å². The number of aliphatic carboxylic acids is 1. The lowest BCUT2D eigenvalue weighted by Gasteiger charge is -2.06. The molecule has 0 aromatic heterocycles. The quantitative estimate of drug-likeness (QED) is 0.775. The molecule has 4 heteroatoms. The van der Waals surface area contributed by atoms with E-state index < -0.39 is 5.97 Å². The average Bonchev–Trinajstić information content (AvgIpc) is 2.29. The first-order valence-electron chi connectivity index (χ1n) is 7.32. The molecule has 0 bridgehead atoms. The molecule has 0 aliphatic rings. The summed E-state index contributed by atoms with van der Waals surface area (Å²) in [4.78, 5) is 14.1. The summed E-state index contributed by atoms with van der Waals surface area (Å²) in [5.74, 6) is -0.711. The number of hydrogen-bond donors (Lipinski definition) is 1. The van der Waals surface area contributed by atoms with Crippen LogP contribution in [-0.4, -0.2) is 62.2 Å². The van der Waals surface area contributed by atoms with Gasteiger partial charge in [-0.05, 0) is 54.1 Å². The van der Waals surface area contributed by atoms with Gasteiger partial charge >= 0.3 is 5.97 Å². The maximum Gasteiger partial charge on any atom is 0.303 e. The van der Waals surface area contributed by atoms with Gasteiger partial charge in [0.15, 0.2) is 0 Å². The van der Waals surface area contributed by atoms with Crippen LogP contribution in [0.3, 0.4) is 0 Å². The van der Waals surface area contributed by atoms with Crippen LogP contribution in [0.5, 0.6) is 0 Å². The van der Waals surface area contributed by atoms with E-state index >= 15 is 0 Å². The number of carboxylic acid groups (broad SMARTS) is 1. The summed E-state index contributed by atoms with van der Waals surface area (Å²) < 4.78 is 0. The minimum atomic E-state index is -0.711. The van der Waals surface area contributed by atoms with Crippen LogP contribution in [0, 0.1) is 0 Å². The molecule has 0 saturated heterocycles. The van der Waals surface area contributed by atoms with Gasteiger partial charge < -0.3 is 14.9 Å². The van der Waals surface area contributed by atoms with E-state index in [4.69, 9.17) is 5.11 Å². The van der Waals surface area contributed by atoms with Crippen molar-refractivity contribution in [1.82, 2.24) is 9.80 Å². The summed E-state index contributed by atoms with van der Waals surface area (Å²) in [6.07, 6.45) is 4.91. The number of carbonyl (C=O) groups is 1. The van der Waals surface area contributed by atoms with Crippen molar-refractivity contribution in [3.8, 4) is 0 Å². The summed E-state index contributed by atoms with van der Waals surface area (Å²) in [7, 11) is 8.04. The van der Waals surface area contributed by atoms with Crippen molar-refractivity contribution in [2.45, 2.75) is 52.9 Å². The molecular weight excluding hydrogens is 240 g/mol. The van der Waals surface area contributed by atoms with Crippen molar-refractivity contribution in [2.75, 3.05) is 41.3 Å². The zero-order valence-corrected chi connectivity index (χ0v) is 14.2. The molecule has 0 heterocycles. The van der Waals surface area contributed by atoms with Gasteiger partial charge in [-0.3, -0.25) is 4.79 Å². The van der Waals surface area contributed by atoms with Gasteiger partial charge in [-0.2, -0.15) is 0 Å². The Morgan fingerprint density at radius 1 is 0.842 bits per heavy atom. The lowest BCUT2D eigenvalue weighted by molar-refractivity contribution is -0.137. The highest BCUT2D eigenvalue weighted by Gasteiger charge is 1.95. The molecule has 0 rings (SSSR count). The Morgan fingerprint density at radius 2 is 1.26 bits per heavy atom. The highest BCUT2D eigenvalue weighted by molar-refractivity contribution is 5.66. The Balaban J connectivity index is -0.000000222. The van der Waals surface area contributed by atoms with E-state index in [2.05, 4.69) is 39.8 Å². The second kappa shape index (κ2) is 19.7. The second-order valence-corrected chi connectivity index (χ2v) is 5.10. The monoisotopic (exact) mass is 276 g/mol. The van der Waals surface area contributed by atoms with E-state index in [1.165, 1.54) is 25.8 Å². The summed E-state index contributed by atoms with van der Waals surface area (Å²) in [5.41, 5.74) is 0. The third-order valence-electron chi connectivity index (χ3n) is 2.17. The molecule has 0 aromatic carbocycles. The van der Waals surface area contributed by atoms with Crippen molar-refractivity contribution >= 4 is 5.97 Å². The van der Waals surface area contributed by atoms with E-state index in [0.29, 0.717) is 0 Å². The van der Waals surface area contributed by atoms with Crippen LogP contribution in [0.1, 0.15) is 52.9 Å². The number of hydrogen-bond acceptors (Lipinski definition) is 3. The Hall–Kier alpha value is -0.610. The molecule has 0 atom stereocenters. The Labute approximate surface area is 120 Å². The summed E-state index contributed by atoms with van der Waals surface area (Å²) in [6, 6.07) is 0. The van der Waals surface area contributed by atoms with Crippen molar-refractivity contribution in [3.05, 3.63) is 0 Å². The van der Waals surface area contributed by atoms with Crippen molar-refractivity contribution in [3.63, 3.8) is 0 Å². The van der Waals surface area contributed by atoms with Crippen LogP contribution in [0.15, 0.2) is 0 Å². The Bertz CT molecular complexity index is 170. The van der Waals surface area contributed by atoms with Crippen LogP contribution in [-0.2, 0) is 4.79 Å². The van der Waals surface area contributed by atoms with Gasteiger partial charge in [0.2, 0.25) is 0 Å². The normalized spacial score (nSPS) is 9.53. The van der Waals surface area contributed by atoms with E-state index in [1.54, 1.807) is 0 Å². The van der Waals surface area contributed by atoms with E-state index in [0.717, 1.165) is 13.0 Å². The third-order valence-corrected chi connectivity index (χ3v) is 2.17. The maximum atomic E-state index is 9.96. The van der Waals surface area contributed by atoms with Crippen molar-refractivity contribution in [1.29, 1.82) is 0 Å². The second-order valence-electron chi connectivity index (χ2n) is 5.10. The fraction of sp³-hybridized carbons (Fsp3) is 0.933. The largest absolute Gasteiger partial charge is 0.481 e. The molecule has 0 amide bonds. The zero-order valence-electron chi connectivity index (χ0n) is 14.2. The zero-order chi connectivity index (χ0) is 15.7. The fourth-order valence-electron chi connectivity index (χ4n) is 0.994. The first kappa shape index (κ1) is 23.5. The Morgan fingerprint density at radius 3 is 1.42 bits per heavy atom. The fourth-order valence-corrected chi connectivity index (χ4v) is 0.994. The minimum absolute atomic E-state index is 0.276. The third kappa shape index (κ3) is 46.7. The molecule has 0 fully saturated rings. The molecule has 0 unspecified atom stereocenters. The molecule has 0 aliphatic carbocycles. The first-order valence-corrected chi connectivity index (χ1v) is 7.32. The SMILES string of the molecule is CCCC.CCCN(C)C.CN(C)CCCC(=O)O. The summed E-state index contributed by atoms with van der Waals surface area (Å²) in [5, 5.41) is 8.21. The topological polar surface area (TPSA) is 43.8 Å².